The summed E-state index contributed by atoms with van der Waals surface area (Å²) in [5, 5.41) is 11.7. The molecule has 1 unspecified atom stereocenters. The second kappa shape index (κ2) is 4.43. The molecule has 1 aromatic carbocycles. The molecule has 0 spiro atoms. The van der Waals surface area contributed by atoms with Crippen molar-refractivity contribution in [1.29, 1.82) is 0 Å². The van der Waals surface area contributed by atoms with Crippen LogP contribution >= 0.6 is 11.8 Å². The van der Waals surface area contributed by atoms with E-state index in [2.05, 4.69) is 0 Å². The molecule has 1 amide bonds. The van der Waals surface area contributed by atoms with E-state index in [1.165, 1.54) is 11.8 Å². The van der Waals surface area contributed by atoms with Crippen LogP contribution in [0.1, 0.15) is 12.0 Å². The summed E-state index contributed by atoms with van der Waals surface area (Å²) in [7, 11) is 0. The molecule has 3 N–H and O–H groups in total. The number of nitrogens with two attached hydrogens (primary N) is 1. The highest BCUT2D eigenvalue weighted by molar-refractivity contribution is 8.03. The molecule has 1 atom stereocenters. The van der Waals surface area contributed by atoms with Gasteiger partial charge < -0.3 is 15.7 Å². The van der Waals surface area contributed by atoms with Crippen LogP contribution in [0, 0.1) is 0 Å². The summed E-state index contributed by atoms with van der Waals surface area (Å²) in [6, 6.07) is 9.46. The third kappa shape index (κ3) is 1.86. The molecule has 0 radical (unpaired) electrons. The molecule has 2 heterocycles. The number of carbonyl (C=O) groups excluding carboxylic acids is 1. The lowest BCUT2D eigenvalue weighted by Crippen LogP contribution is -2.40. The average Bonchev–Trinajstić information content (AvgIpc) is 2.79. The zero-order valence-corrected chi connectivity index (χ0v) is 11.1. The summed E-state index contributed by atoms with van der Waals surface area (Å²) in [4.78, 5) is 13.2. The van der Waals surface area contributed by atoms with Gasteiger partial charge in [-0.15, -0.1) is 11.8 Å². The van der Waals surface area contributed by atoms with Crippen molar-refractivity contribution >= 4 is 17.7 Å². The molecule has 1 saturated heterocycles. The highest BCUT2D eigenvalue weighted by atomic mass is 32.2. The second-order valence-electron chi connectivity index (χ2n) is 4.58. The molecule has 19 heavy (non-hydrogen) atoms. The van der Waals surface area contributed by atoms with Crippen LogP contribution in [0.15, 0.2) is 53.2 Å². The molecule has 98 valence electrons. The van der Waals surface area contributed by atoms with Gasteiger partial charge in [-0.05, 0) is 0 Å². The van der Waals surface area contributed by atoms with Crippen LogP contribution in [0.25, 0.3) is 0 Å². The van der Waals surface area contributed by atoms with Crippen LogP contribution in [-0.2, 0) is 10.5 Å². The molecule has 0 aromatic heterocycles. The quantitative estimate of drug-likeness (QED) is 0.857. The summed E-state index contributed by atoms with van der Waals surface area (Å²) >= 11 is 1.47. The number of thioether (sulfide) groups is 1. The third-order valence-corrected chi connectivity index (χ3v) is 4.66. The summed E-state index contributed by atoms with van der Waals surface area (Å²) in [6.07, 6.45) is 4.21. The SMILES string of the molecule is NC(=O)C1=C2SCC(O)(c3ccccc3)N2C=CC1. The van der Waals surface area contributed by atoms with E-state index in [-0.39, 0.29) is 0 Å². The number of nitrogens with zero attached hydrogens (tertiary/aromatic N) is 1. The number of primary amides is 1. The van der Waals surface area contributed by atoms with Gasteiger partial charge in [-0.25, -0.2) is 0 Å². The predicted octanol–water partition coefficient (Wildman–Crippen LogP) is 1.49. The third-order valence-electron chi connectivity index (χ3n) is 3.40. The maximum atomic E-state index is 11.5. The Bertz CT molecular complexity index is 582. The summed E-state index contributed by atoms with van der Waals surface area (Å²) in [5.74, 6) is 0.0576. The number of benzene rings is 1. The Labute approximate surface area is 115 Å². The Hall–Kier alpha value is -1.72. The van der Waals surface area contributed by atoms with Crippen LogP contribution in [-0.4, -0.2) is 21.7 Å². The van der Waals surface area contributed by atoms with Crippen LogP contribution in [0.5, 0.6) is 0 Å². The lowest BCUT2D eigenvalue weighted by atomic mass is 10.0. The fraction of sp³-hybridized carbons (Fsp3) is 0.214. The van der Waals surface area contributed by atoms with Crippen molar-refractivity contribution in [3.63, 3.8) is 0 Å². The zero-order valence-electron chi connectivity index (χ0n) is 10.2. The minimum Gasteiger partial charge on any atom is -0.366 e. The van der Waals surface area contributed by atoms with Crippen molar-refractivity contribution in [2.75, 3.05) is 5.75 Å². The fourth-order valence-electron chi connectivity index (χ4n) is 2.40. The number of rotatable bonds is 2. The monoisotopic (exact) mass is 274 g/mol. The second-order valence-corrected chi connectivity index (χ2v) is 5.54. The number of amides is 1. The van der Waals surface area contributed by atoms with Gasteiger partial charge in [0.1, 0.15) is 0 Å². The zero-order chi connectivity index (χ0) is 13.5. The molecule has 1 aromatic rings. The smallest absolute Gasteiger partial charge is 0.247 e. The van der Waals surface area contributed by atoms with Gasteiger partial charge in [0.15, 0.2) is 5.72 Å². The Balaban J connectivity index is 2.06. The van der Waals surface area contributed by atoms with Crippen molar-refractivity contribution in [2.24, 2.45) is 5.73 Å². The van der Waals surface area contributed by atoms with Crippen LogP contribution in [0.3, 0.4) is 0 Å². The molecule has 0 saturated carbocycles. The summed E-state index contributed by atoms with van der Waals surface area (Å²) < 4.78 is 0. The van der Waals surface area contributed by atoms with Crippen molar-refractivity contribution in [1.82, 2.24) is 4.90 Å². The normalized spacial score (nSPS) is 25.6. The number of aliphatic hydroxyl groups is 1. The first kappa shape index (κ1) is 12.3. The number of allylic oxidation sites excluding steroid dienone is 1. The van der Waals surface area contributed by atoms with Gasteiger partial charge in [0.25, 0.3) is 0 Å². The number of fused-ring (bicyclic) bond motifs is 1. The van der Waals surface area contributed by atoms with Gasteiger partial charge in [0, 0.05) is 18.2 Å². The first-order valence-corrected chi connectivity index (χ1v) is 7.01. The van der Waals surface area contributed by atoms with Crippen molar-refractivity contribution < 1.29 is 9.90 Å². The van der Waals surface area contributed by atoms with E-state index >= 15 is 0 Å². The predicted molar refractivity (Wildman–Crippen MR) is 74.6 cm³/mol. The summed E-state index contributed by atoms with van der Waals surface area (Å²) in [6.45, 7) is 0. The molecule has 3 rings (SSSR count). The molecule has 1 fully saturated rings. The van der Waals surface area contributed by atoms with Crippen molar-refractivity contribution in [3.8, 4) is 0 Å². The first-order chi connectivity index (χ1) is 9.13. The number of hydrogen-bond acceptors (Lipinski definition) is 4. The maximum Gasteiger partial charge on any atom is 0.247 e. The molecular weight excluding hydrogens is 260 g/mol. The van der Waals surface area contributed by atoms with E-state index in [1.54, 1.807) is 4.90 Å². The fourth-order valence-corrected chi connectivity index (χ4v) is 3.75. The maximum absolute atomic E-state index is 11.5. The minimum atomic E-state index is -1.11. The molecule has 0 bridgehead atoms. The van der Waals surface area contributed by atoms with Gasteiger partial charge in [-0.2, -0.15) is 0 Å². The summed E-state index contributed by atoms with van der Waals surface area (Å²) in [5.41, 5.74) is 5.67. The molecule has 2 aliphatic heterocycles. The van der Waals surface area contributed by atoms with E-state index in [4.69, 9.17) is 5.73 Å². The van der Waals surface area contributed by atoms with Gasteiger partial charge in [-0.3, -0.25) is 4.79 Å². The van der Waals surface area contributed by atoms with Gasteiger partial charge in [-0.1, -0.05) is 36.4 Å². The Morgan fingerprint density at radius 1 is 1.37 bits per heavy atom. The number of carbonyl (C=O) groups is 1. The van der Waals surface area contributed by atoms with Crippen molar-refractivity contribution in [3.05, 3.63) is 58.8 Å². The molecule has 0 aliphatic carbocycles. The van der Waals surface area contributed by atoms with Crippen molar-refractivity contribution in [2.45, 2.75) is 12.1 Å². The number of hydrogen-bond donors (Lipinski definition) is 2. The van der Waals surface area contributed by atoms with Crippen LogP contribution < -0.4 is 5.73 Å². The van der Waals surface area contributed by atoms with Gasteiger partial charge >= 0.3 is 0 Å². The Morgan fingerprint density at radius 2 is 2.11 bits per heavy atom. The molecule has 4 nitrogen and oxygen atoms in total. The lowest BCUT2D eigenvalue weighted by molar-refractivity contribution is -0.114. The van der Waals surface area contributed by atoms with E-state index in [9.17, 15) is 9.90 Å². The molecular formula is C14H14N2O2S. The van der Waals surface area contributed by atoms with E-state index in [1.807, 2.05) is 42.6 Å². The lowest BCUT2D eigenvalue weighted by Gasteiger charge is -2.34. The van der Waals surface area contributed by atoms with E-state index < -0.39 is 11.6 Å². The van der Waals surface area contributed by atoms with Gasteiger partial charge in [0.05, 0.1) is 16.4 Å². The topological polar surface area (TPSA) is 66.6 Å². The van der Waals surface area contributed by atoms with Crippen LogP contribution in [0.2, 0.25) is 0 Å². The Kier molecular flexibility index (Phi) is 2.88. The Morgan fingerprint density at radius 3 is 2.79 bits per heavy atom. The molecule has 5 heteroatoms. The standard InChI is InChI=1S/C14H14N2O2S/c15-12(17)11-7-4-8-16-13(11)19-9-14(16,18)10-5-2-1-3-6-10/h1-6,8,18H,7,9H2,(H2,15,17). The minimum absolute atomic E-state index is 0.422. The van der Waals surface area contributed by atoms with Crippen LogP contribution in [0.4, 0.5) is 0 Å². The molecule has 2 aliphatic rings. The highest BCUT2D eigenvalue weighted by Crippen LogP contribution is 2.47. The van der Waals surface area contributed by atoms with Gasteiger partial charge in [0.2, 0.25) is 5.91 Å². The average molecular weight is 274 g/mol. The highest BCUT2D eigenvalue weighted by Gasteiger charge is 2.45. The largest absolute Gasteiger partial charge is 0.366 e. The first-order valence-electron chi connectivity index (χ1n) is 6.02. The van der Waals surface area contributed by atoms with E-state index in [0.29, 0.717) is 17.7 Å². The van der Waals surface area contributed by atoms with E-state index in [0.717, 1.165) is 10.6 Å².